The van der Waals surface area contributed by atoms with Crippen LogP contribution in [-0.4, -0.2) is 34.6 Å². The monoisotopic (exact) mass is 281 g/mol. The quantitative estimate of drug-likeness (QED) is 0.905. The summed E-state index contributed by atoms with van der Waals surface area (Å²) < 4.78 is 5.03. The Hall–Kier alpha value is -2.02. The number of imide groups is 1. The van der Waals surface area contributed by atoms with E-state index in [0.29, 0.717) is 11.4 Å². The third kappa shape index (κ3) is 2.70. The molecule has 1 fully saturated rings. The lowest BCUT2D eigenvalue weighted by Crippen LogP contribution is -2.32. The van der Waals surface area contributed by atoms with Gasteiger partial charge in [0.25, 0.3) is 5.24 Å². The SMILES string of the molecule is COc1cccc(N2C(=O)S[C@@H](CC(=O)O)C2=O)c1. The average molecular weight is 281 g/mol. The van der Waals surface area contributed by atoms with Crippen LogP contribution < -0.4 is 9.64 Å². The Morgan fingerprint density at radius 1 is 1.47 bits per heavy atom. The summed E-state index contributed by atoms with van der Waals surface area (Å²) in [6.45, 7) is 0. The Kier molecular flexibility index (Phi) is 3.75. The highest BCUT2D eigenvalue weighted by Crippen LogP contribution is 2.34. The summed E-state index contributed by atoms with van der Waals surface area (Å²) in [5, 5.41) is 7.37. The smallest absolute Gasteiger partial charge is 0.305 e. The summed E-state index contributed by atoms with van der Waals surface area (Å²) in [7, 11) is 1.48. The molecule has 0 bridgehead atoms. The molecule has 1 aromatic carbocycles. The van der Waals surface area contributed by atoms with Gasteiger partial charge in [-0.1, -0.05) is 6.07 Å². The summed E-state index contributed by atoms with van der Waals surface area (Å²) in [5.74, 6) is -1.10. The van der Waals surface area contributed by atoms with Crippen molar-refractivity contribution in [2.45, 2.75) is 11.7 Å². The minimum atomic E-state index is -1.11. The van der Waals surface area contributed by atoms with Crippen LogP contribution in [0.25, 0.3) is 0 Å². The number of carbonyl (C=O) groups excluding carboxylic acids is 2. The van der Waals surface area contributed by atoms with Crippen molar-refractivity contribution in [3.05, 3.63) is 24.3 Å². The van der Waals surface area contributed by atoms with Gasteiger partial charge in [0.1, 0.15) is 11.0 Å². The van der Waals surface area contributed by atoms with Crippen molar-refractivity contribution >= 4 is 34.6 Å². The van der Waals surface area contributed by atoms with Gasteiger partial charge in [-0.05, 0) is 23.9 Å². The zero-order chi connectivity index (χ0) is 14.0. The van der Waals surface area contributed by atoms with Crippen LogP contribution in [0.1, 0.15) is 6.42 Å². The first-order chi connectivity index (χ1) is 9.02. The Morgan fingerprint density at radius 2 is 2.21 bits per heavy atom. The third-order valence-electron chi connectivity index (χ3n) is 2.59. The molecule has 0 radical (unpaired) electrons. The van der Waals surface area contributed by atoms with Crippen LogP contribution in [0.5, 0.6) is 5.75 Å². The van der Waals surface area contributed by atoms with Gasteiger partial charge in [0.2, 0.25) is 5.91 Å². The van der Waals surface area contributed by atoms with E-state index in [1.54, 1.807) is 24.3 Å². The fourth-order valence-corrected chi connectivity index (χ4v) is 2.70. The number of nitrogens with zero attached hydrogens (tertiary/aromatic N) is 1. The van der Waals surface area contributed by atoms with Crippen molar-refractivity contribution in [3.8, 4) is 5.75 Å². The Balaban J connectivity index is 2.26. The summed E-state index contributed by atoms with van der Waals surface area (Å²) in [6, 6.07) is 6.50. The summed E-state index contributed by atoms with van der Waals surface area (Å²) in [6.07, 6.45) is -0.365. The van der Waals surface area contributed by atoms with E-state index in [1.807, 2.05) is 0 Å². The second-order valence-corrected chi connectivity index (χ2v) is 5.00. The normalized spacial score (nSPS) is 18.8. The second kappa shape index (κ2) is 5.31. The second-order valence-electron chi connectivity index (χ2n) is 3.85. The molecule has 0 unspecified atom stereocenters. The molecule has 1 aliphatic rings. The molecule has 1 aliphatic heterocycles. The van der Waals surface area contributed by atoms with Crippen LogP contribution in [0, 0.1) is 0 Å². The zero-order valence-electron chi connectivity index (χ0n) is 10.0. The van der Waals surface area contributed by atoms with Crippen LogP contribution in [0.3, 0.4) is 0 Å². The lowest BCUT2D eigenvalue weighted by molar-refractivity contribution is -0.138. The van der Waals surface area contributed by atoms with E-state index in [1.165, 1.54) is 7.11 Å². The van der Waals surface area contributed by atoms with Crippen LogP contribution in [0.4, 0.5) is 10.5 Å². The standard InChI is InChI=1S/C12H11NO5S/c1-18-8-4-2-3-7(5-8)13-11(16)9(6-10(14)15)19-12(13)17/h2-5,9H,6H2,1H3,(H,14,15)/t9-/m0/s1. The third-order valence-corrected chi connectivity index (χ3v) is 3.63. The zero-order valence-corrected chi connectivity index (χ0v) is 10.8. The van der Waals surface area contributed by atoms with E-state index in [9.17, 15) is 14.4 Å². The van der Waals surface area contributed by atoms with Crippen molar-refractivity contribution < 1.29 is 24.2 Å². The molecule has 2 rings (SSSR count). The van der Waals surface area contributed by atoms with Gasteiger partial charge in [-0.3, -0.25) is 14.4 Å². The first-order valence-corrected chi connectivity index (χ1v) is 6.31. The number of thioether (sulfide) groups is 1. The summed E-state index contributed by atoms with van der Waals surface area (Å²) in [5.41, 5.74) is 0.384. The van der Waals surface area contributed by atoms with E-state index in [4.69, 9.17) is 9.84 Å². The highest BCUT2D eigenvalue weighted by atomic mass is 32.2. The fourth-order valence-electron chi connectivity index (χ4n) is 1.73. The minimum absolute atomic E-state index is 0.365. The van der Waals surface area contributed by atoms with E-state index in [2.05, 4.69) is 0 Å². The number of amides is 2. The largest absolute Gasteiger partial charge is 0.497 e. The van der Waals surface area contributed by atoms with Gasteiger partial charge in [-0.2, -0.15) is 0 Å². The van der Waals surface area contributed by atoms with Crippen molar-refractivity contribution in [2.75, 3.05) is 12.0 Å². The number of carboxylic acid groups (broad SMARTS) is 1. The van der Waals surface area contributed by atoms with E-state index in [-0.39, 0.29) is 6.42 Å². The molecule has 0 aromatic heterocycles. The molecule has 0 saturated carbocycles. The van der Waals surface area contributed by atoms with E-state index < -0.39 is 22.4 Å². The maximum absolute atomic E-state index is 12.0. The molecule has 100 valence electrons. The number of carboxylic acids is 1. The number of hydrogen-bond acceptors (Lipinski definition) is 5. The molecule has 1 atom stereocenters. The van der Waals surface area contributed by atoms with Gasteiger partial charge in [0, 0.05) is 6.07 Å². The van der Waals surface area contributed by atoms with Crippen molar-refractivity contribution in [2.24, 2.45) is 0 Å². The number of anilines is 1. The molecule has 1 saturated heterocycles. The molecule has 0 spiro atoms. The van der Waals surface area contributed by atoms with E-state index >= 15 is 0 Å². The number of hydrogen-bond donors (Lipinski definition) is 1. The lowest BCUT2D eigenvalue weighted by atomic mass is 10.2. The number of ether oxygens (including phenoxy) is 1. The summed E-state index contributed by atoms with van der Waals surface area (Å²) in [4.78, 5) is 35.5. The Morgan fingerprint density at radius 3 is 2.84 bits per heavy atom. The molecule has 2 amide bonds. The Labute approximate surface area is 113 Å². The number of aliphatic carboxylic acids is 1. The average Bonchev–Trinajstić information content (AvgIpc) is 2.64. The Bertz CT molecular complexity index is 545. The number of carbonyl (C=O) groups is 3. The van der Waals surface area contributed by atoms with E-state index in [0.717, 1.165) is 16.7 Å². The molecule has 6 nitrogen and oxygen atoms in total. The molecule has 19 heavy (non-hydrogen) atoms. The number of methoxy groups -OCH3 is 1. The van der Waals surface area contributed by atoms with Gasteiger partial charge in [0.05, 0.1) is 19.2 Å². The van der Waals surface area contributed by atoms with Crippen molar-refractivity contribution in [1.29, 1.82) is 0 Å². The van der Waals surface area contributed by atoms with Gasteiger partial charge in [-0.25, -0.2) is 4.90 Å². The maximum atomic E-state index is 12.0. The molecule has 7 heteroatoms. The van der Waals surface area contributed by atoms with Gasteiger partial charge < -0.3 is 9.84 Å². The van der Waals surface area contributed by atoms with Crippen molar-refractivity contribution in [1.82, 2.24) is 0 Å². The molecule has 0 aliphatic carbocycles. The number of benzene rings is 1. The predicted octanol–water partition coefficient (Wildman–Crippen LogP) is 1.74. The van der Waals surface area contributed by atoms with Crippen molar-refractivity contribution in [3.63, 3.8) is 0 Å². The van der Waals surface area contributed by atoms with Crippen LogP contribution in [-0.2, 0) is 9.59 Å². The highest BCUT2D eigenvalue weighted by molar-refractivity contribution is 8.15. The topological polar surface area (TPSA) is 83.9 Å². The van der Waals surface area contributed by atoms with Gasteiger partial charge in [0.15, 0.2) is 0 Å². The first kappa shape index (κ1) is 13.4. The fraction of sp³-hybridized carbons (Fsp3) is 0.250. The predicted molar refractivity (Wildman–Crippen MR) is 69.5 cm³/mol. The van der Waals surface area contributed by atoms with Crippen LogP contribution in [0.15, 0.2) is 24.3 Å². The molecule has 1 N–H and O–H groups in total. The maximum Gasteiger partial charge on any atom is 0.305 e. The molecular weight excluding hydrogens is 270 g/mol. The summed E-state index contributed by atoms with van der Waals surface area (Å²) >= 11 is 0.734. The first-order valence-electron chi connectivity index (χ1n) is 5.43. The molecular formula is C12H11NO5S. The van der Waals surface area contributed by atoms with Gasteiger partial charge >= 0.3 is 5.97 Å². The lowest BCUT2D eigenvalue weighted by Gasteiger charge is -2.14. The molecule has 1 heterocycles. The number of rotatable bonds is 4. The van der Waals surface area contributed by atoms with Crippen LogP contribution >= 0.6 is 11.8 Å². The van der Waals surface area contributed by atoms with Crippen LogP contribution in [0.2, 0.25) is 0 Å². The highest BCUT2D eigenvalue weighted by Gasteiger charge is 2.41. The minimum Gasteiger partial charge on any atom is -0.497 e. The molecule has 1 aromatic rings. The van der Waals surface area contributed by atoms with Gasteiger partial charge in [-0.15, -0.1) is 0 Å².